The zero-order valence-electron chi connectivity index (χ0n) is 10.4. The van der Waals surface area contributed by atoms with Crippen LogP contribution in [0.5, 0.6) is 0 Å². The van der Waals surface area contributed by atoms with Gasteiger partial charge < -0.3 is 10.0 Å². The van der Waals surface area contributed by atoms with Gasteiger partial charge >= 0.3 is 0 Å². The van der Waals surface area contributed by atoms with E-state index in [-0.39, 0.29) is 6.10 Å². The number of piperidine rings is 1. The van der Waals surface area contributed by atoms with Crippen LogP contribution in [0.3, 0.4) is 0 Å². The van der Waals surface area contributed by atoms with Crippen molar-refractivity contribution in [1.82, 2.24) is 0 Å². The first-order valence-electron chi connectivity index (χ1n) is 6.10. The van der Waals surface area contributed by atoms with Crippen LogP contribution >= 0.6 is 0 Å². The van der Waals surface area contributed by atoms with Gasteiger partial charge in [0, 0.05) is 24.3 Å². The van der Waals surface area contributed by atoms with Gasteiger partial charge in [-0.2, -0.15) is 0 Å². The van der Waals surface area contributed by atoms with Crippen LogP contribution in [0.25, 0.3) is 0 Å². The molecule has 1 saturated heterocycles. The zero-order chi connectivity index (χ0) is 12.4. The van der Waals surface area contributed by atoms with Crippen LogP contribution in [-0.2, 0) is 0 Å². The number of aldehydes is 1. The Morgan fingerprint density at radius 3 is 2.82 bits per heavy atom. The first kappa shape index (κ1) is 12.1. The number of carbonyl (C=O) groups excluding carboxylic acids is 1. The third kappa shape index (κ3) is 2.50. The SMILES string of the molecule is Cc1cc(N2CCC(C)C(O)C2)ccc1C=O. The van der Waals surface area contributed by atoms with Crippen LogP contribution in [0.4, 0.5) is 5.69 Å². The van der Waals surface area contributed by atoms with E-state index < -0.39 is 0 Å². The molecule has 1 heterocycles. The van der Waals surface area contributed by atoms with Crippen molar-refractivity contribution in [3.05, 3.63) is 29.3 Å². The Labute approximate surface area is 102 Å². The standard InChI is InChI=1S/C14H19NO2/c1-10-5-6-15(8-14(10)17)13-4-3-12(9-16)11(2)7-13/h3-4,7,9-10,14,17H,5-6,8H2,1-2H3. The number of hydrogen-bond donors (Lipinski definition) is 1. The molecule has 17 heavy (non-hydrogen) atoms. The molecule has 0 radical (unpaired) electrons. The Morgan fingerprint density at radius 1 is 1.47 bits per heavy atom. The van der Waals surface area contributed by atoms with Gasteiger partial charge in [0.2, 0.25) is 0 Å². The molecular formula is C14H19NO2. The number of carbonyl (C=O) groups is 1. The molecule has 1 N–H and O–H groups in total. The molecule has 2 rings (SSSR count). The number of aliphatic hydroxyl groups is 1. The van der Waals surface area contributed by atoms with Crippen LogP contribution in [-0.4, -0.2) is 30.6 Å². The van der Waals surface area contributed by atoms with Gasteiger partial charge in [-0.25, -0.2) is 0 Å². The third-order valence-corrected chi connectivity index (χ3v) is 3.66. The summed E-state index contributed by atoms with van der Waals surface area (Å²) in [7, 11) is 0. The van der Waals surface area contributed by atoms with Gasteiger partial charge in [-0.15, -0.1) is 0 Å². The predicted octanol–water partition coefficient (Wildman–Crippen LogP) is 2.01. The molecule has 3 nitrogen and oxygen atoms in total. The number of nitrogens with zero attached hydrogens (tertiary/aromatic N) is 1. The third-order valence-electron chi connectivity index (χ3n) is 3.66. The van der Waals surface area contributed by atoms with E-state index in [1.807, 2.05) is 25.1 Å². The second kappa shape index (κ2) is 4.88. The van der Waals surface area contributed by atoms with Crippen molar-refractivity contribution < 1.29 is 9.90 Å². The van der Waals surface area contributed by atoms with Crippen molar-refractivity contribution >= 4 is 12.0 Å². The van der Waals surface area contributed by atoms with Crippen molar-refractivity contribution in [1.29, 1.82) is 0 Å². The Kier molecular flexibility index (Phi) is 3.48. The van der Waals surface area contributed by atoms with Gasteiger partial charge in [-0.05, 0) is 43.0 Å². The number of benzene rings is 1. The highest BCUT2D eigenvalue weighted by molar-refractivity contribution is 5.78. The van der Waals surface area contributed by atoms with Crippen molar-refractivity contribution in [3.63, 3.8) is 0 Å². The summed E-state index contributed by atoms with van der Waals surface area (Å²) < 4.78 is 0. The van der Waals surface area contributed by atoms with Crippen LogP contribution in [0.1, 0.15) is 29.3 Å². The van der Waals surface area contributed by atoms with E-state index in [2.05, 4.69) is 11.8 Å². The Morgan fingerprint density at radius 2 is 2.24 bits per heavy atom. The average molecular weight is 233 g/mol. The number of rotatable bonds is 2. The van der Waals surface area contributed by atoms with E-state index in [1.165, 1.54) is 0 Å². The van der Waals surface area contributed by atoms with E-state index in [9.17, 15) is 9.90 Å². The molecule has 92 valence electrons. The molecule has 0 aromatic heterocycles. The van der Waals surface area contributed by atoms with Crippen LogP contribution < -0.4 is 4.90 Å². The molecule has 1 aromatic rings. The number of β-amino-alcohol motifs (C(OH)–C–C–N with tert-alkyl or cyclic N) is 1. The summed E-state index contributed by atoms with van der Waals surface area (Å²) in [5, 5.41) is 9.88. The lowest BCUT2D eigenvalue weighted by molar-refractivity contribution is 0.103. The molecule has 2 atom stereocenters. The molecule has 0 aliphatic carbocycles. The monoisotopic (exact) mass is 233 g/mol. The number of hydrogen-bond acceptors (Lipinski definition) is 3. The number of aryl methyl sites for hydroxylation is 1. The maximum absolute atomic E-state index is 10.8. The fraction of sp³-hybridized carbons (Fsp3) is 0.500. The minimum atomic E-state index is -0.255. The van der Waals surface area contributed by atoms with E-state index >= 15 is 0 Å². The van der Waals surface area contributed by atoms with E-state index in [0.29, 0.717) is 12.5 Å². The molecule has 0 amide bonds. The highest BCUT2D eigenvalue weighted by Gasteiger charge is 2.24. The normalized spacial score (nSPS) is 24.8. The molecule has 1 aliphatic rings. The van der Waals surface area contributed by atoms with Crippen LogP contribution in [0, 0.1) is 12.8 Å². The Balaban J connectivity index is 2.18. The Hall–Kier alpha value is -1.35. The fourth-order valence-electron chi connectivity index (χ4n) is 2.27. The first-order chi connectivity index (χ1) is 8.11. The van der Waals surface area contributed by atoms with E-state index in [0.717, 1.165) is 36.1 Å². The molecule has 1 fully saturated rings. The summed E-state index contributed by atoms with van der Waals surface area (Å²) in [5.41, 5.74) is 2.82. The molecule has 2 unspecified atom stereocenters. The largest absolute Gasteiger partial charge is 0.391 e. The maximum atomic E-state index is 10.8. The summed E-state index contributed by atoms with van der Waals surface area (Å²) in [5.74, 6) is 0.376. The topological polar surface area (TPSA) is 40.5 Å². The summed E-state index contributed by atoms with van der Waals surface area (Å²) in [6, 6.07) is 5.83. The second-order valence-electron chi connectivity index (χ2n) is 4.94. The van der Waals surface area contributed by atoms with E-state index in [4.69, 9.17) is 0 Å². The molecule has 0 bridgehead atoms. The lowest BCUT2D eigenvalue weighted by atomic mass is 9.95. The summed E-state index contributed by atoms with van der Waals surface area (Å²) in [4.78, 5) is 12.9. The van der Waals surface area contributed by atoms with Crippen LogP contribution in [0.15, 0.2) is 18.2 Å². The van der Waals surface area contributed by atoms with Crippen molar-refractivity contribution in [2.45, 2.75) is 26.4 Å². The Bertz CT molecular complexity index is 417. The van der Waals surface area contributed by atoms with Gasteiger partial charge in [-0.1, -0.05) is 6.92 Å². The van der Waals surface area contributed by atoms with Gasteiger partial charge in [0.05, 0.1) is 6.10 Å². The minimum Gasteiger partial charge on any atom is -0.391 e. The lowest BCUT2D eigenvalue weighted by Crippen LogP contribution is -2.42. The number of anilines is 1. The lowest BCUT2D eigenvalue weighted by Gasteiger charge is -2.36. The highest BCUT2D eigenvalue weighted by Crippen LogP contribution is 2.24. The highest BCUT2D eigenvalue weighted by atomic mass is 16.3. The van der Waals surface area contributed by atoms with Gasteiger partial charge in [0.25, 0.3) is 0 Å². The maximum Gasteiger partial charge on any atom is 0.150 e. The zero-order valence-corrected chi connectivity index (χ0v) is 10.4. The number of aliphatic hydroxyl groups excluding tert-OH is 1. The summed E-state index contributed by atoms with van der Waals surface area (Å²) >= 11 is 0. The van der Waals surface area contributed by atoms with Crippen molar-refractivity contribution in [3.8, 4) is 0 Å². The van der Waals surface area contributed by atoms with Crippen molar-refractivity contribution in [2.75, 3.05) is 18.0 Å². The van der Waals surface area contributed by atoms with Crippen LogP contribution in [0.2, 0.25) is 0 Å². The average Bonchev–Trinajstić information content (AvgIpc) is 2.32. The van der Waals surface area contributed by atoms with Gasteiger partial charge in [-0.3, -0.25) is 4.79 Å². The molecule has 0 spiro atoms. The molecule has 3 heteroatoms. The smallest absolute Gasteiger partial charge is 0.150 e. The minimum absolute atomic E-state index is 0.255. The quantitative estimate of drug-likeness (QED) is 0.794. The molecule has 0 saturated carbocycles. The first-order valence-corrected chi connectivity index (χ1v) is 6.10. The van der Waals surface area contributed by atoms with Gasteiger partial charge in [0.1, 0.15) is 6.29 Å². The van der Waals surface area contributed by atoms with E-state index in [1.54, 1.807) is 0 Å². The molecule has 1 aliphatic heterocycles. The fourth-order valence-corrected chi connectivity index (χ4v) is 2.27. The summed E-state index contributed by atoms with van der Waals surface area (Å²) in [6.07, 6.45) is 1.64. The second-order valence-corrected chi connectivity index (χ2v) is 4.94. The summed E-state index contributed by atoms with van der Waals surface area (Å²) in [6.45, 7) is 5.68. The molecular weight excluding hydrogens is 214 g/mol. The predicted molar refractivity (Wildman–Crippen MR) is 68.6 cm³/mol. The van der Waals surface area contributed by atoms with Crippen molar-refractivity contribution in [2.24, 2.45) is 5.92 Å². The van der Waals surface area contributed by atoms with Gasteiger partial charge in [0.15, 0.2) is 0 Å². The molecule has 1 aromatic carbocycles.